The van der Waals surface area contributed by atoms with Crippen LogP contribution in [0.2, 0.25) is 5.15 Å². The van der Waals surface area contributed by atoms with E-state index in [0.717, 1.165) is 24.0 Å². The standard InChI is InChI=1S/C16H15ClN2O2/c17-14-13(7-4-10-18-14)16(8-9-16)19-15(20)21-11-12-5-2-1-3-6-12/h1-7,10H,8-9,11H2,(H,19,20). The molecule has 0 bridgehead atoms. The minimum absolute atomic E-state index is 0.253. The van der Waals surface area contributed by atoms with E-state index >= 15 is 0 Å². The molecule has 0 unspecified atom stereocenters. The third kappa shape index (κ3) is 3.16. The molecule has 1 saturated carbocycles. The molecule has 0 radical (unpaired) electrons. The molecule has 2 aromatic rings. The second kappa shape index (κ2) is 5.74. The van der Waals surface area contributed by atoms with Gasteiger partial charge in [0.05, 0.1) is 5.54 Å². The van der Waals surface area contributed by atoms with Gasteiger partial charge >= 0.3 is 6.09 Å². The molecule has 1 amide bonds. The summed E-state index contributed by atoms with van der Waals surface area (Å²) in [6.07, 6.45) is 2.89. The third-order valence-corrected chi connectivity index (χ3v) is 3.88. The number of carbonyl (C=O) groups is 1. The molecule has 1 aliphatic rings. The topological polar surface area (TPSA) is 51.2 Å². The van der Waals surface area contributed by atoms with Crippen molar-refractivity contribution >= 4 is 17.7 Å². The van der Waals surface area contributed by atoms with Gasteiger partial charge in [0.15, 0.2) is 0 Å². The molecule has 0 aliphatic heterocycles. The maximum atomic E-state index is 12.0. The zero-order valence-electron chi connectivity index (χ0n) is 11.4. The molecule has 4 nitrogen and oxygen atoms in total. The molecule has 1 aromatic heterocycles. The van der Waals surface area contributed by atoms with E-state index in [2.05, 4.69) is 10.3 Å². The van der Waals surface area contributed by atoms with E-state index in [9.17, 15) is 4.79 Å². The van der Waals surface area contributed by atoms with Crippen molar-refractivity contribution in [3.05, 3.63) is 64.9 Å². The minimum atomic E-state index is -0.434. The molecule has 0 atom stereocenters. The first kappa shape index (κ1) is 13.9. The summed E-state index contributed by atoms with van der Waals surface area (Å²) in [4.78, 5) is 16.0. The van der Waals surface area contributed by atoms with Crippen LogP contribution in [0, 0.1) is 0 Å². The Morgan fingerprint density at radius 2 is 2.00 bits per heavy atom. The summed E-state index contributed by atoms with van der Waals surface area (Å²) in [5.74, 6) is 0. The summed E-state index contributed by atoms with van der Waals surface area (Å²) < 4.78 is 5.25. The fourth-order valence-electron chi connectivity index (χ4n) is 2.28. The lowest BCUT2D eigenvalue weighted by atomic mass is 10.1. The van der Waals surface area contributed by atoms with Crippen LogP contribution < -0.4 is 5.32 Å². The largest absolute Gasteiger partial charge is 0.445 e. The number of carbonyl (C=O) groups excluding carboxylic acids is 1. The SMILES string of the molecule is O=C(NC1(c2cccnc2Cl)CC1)OCc1ccccc1. The van der Waals surface area contributed by atoms with Crippen molar-refractivity contribution in [3.8, 4) is 0 Å². The fraction of sp³-hybridized carbons (Fsp3) is 0.250. The van der Waals surface area contributed by atoms with Gasteiger partial charge in [0.25, 0.3) is 0 Å². The van der Waals surface area contributed by atoms with E-state index in [1.807, 2.05) is 42.5 Å². The molecule has 3 rings (SSSR count). The maximum Gasteiger partial charge on any atom is 0.408 e. The van der Waals surface area contributed by atoms with Crippen LogP contribution in [0.1, 0.15) is 24.0 Å². The summed E-state index contributed by atoms with van der Waals surface area (Å²) in [5.41, 5.74) is 1.39. The third-order valence-electron chi connectivity index (χ3n) is 3.58. The highest BCUT2D eigenvalue weighted by atomic mass is 35.5. The first-order valence-electron chi connectivity index (χ1n) is 6.79. The van der Waals surface area contributed by atoms with E-state index in [4.69, 9.17) is 16.3 Å². The molecule has 0 saturated heterocycles. The number of rotatable bonds is 4. The van der Waals surface area contributed by atoms with Crippen molar-refractivity contribution in [3.63, 3.8) is 0 Å². The van der Waals surface area contributed by atoms with Crippen LogP contribution in [0.3, 0.4) is 0 Å². The number of nitrogens with one attached hydrogen (secondary N) is 1. The molecule has 1 heterocycles. The predicted molar refractivity (Wildman–Crippen MR) is 79.9 cm³/mol. The zero-order chi connectivity index (χ0) is 14.7. The monoisotopic (exact) mass is 302 g/mol. The Morgan fingerprint density at radius 3 is 2.67 bits per heavy atom. The van der Waals surface area contributed by atoms with Gasteiger partial charge in [-0.15, -0.1) is 0 Å². The highest BCUT2D eigenvalue weighted by molar-refractivity contribution is 6.30. The first-order chi connectivity index (χ1) is 10.2. The molecule has 1 N–H and O–H groups in total. The highest BCUT2D eigenvalue weighted by Gasteiger charge is 2.47. The summed E-state index contributed by atoms with van der Waals surface area (Å²) >= 11 is 6.10. The second-order valence-corrected chi connectivity index (χ2v) is 5.47. The molecule has 21 heavy (non-hydrogen) atoms. The first-order valence-corrected chi connectivity index (χ1v) is 7.17. The maximum absolute atomic E-state index is 12.0. The number of amides is 1. The van der Waals surface area contributed by atoms with Gasteiger partial charge in [-0.3, -0.25) is 0 Å². The van der Waals surface area contributed by atoms with Crippen molar-refractivity contribution in [2.75, 3.05) is 0 Å². The molecule has 0 spiro atoms. The predicted octanol–water partition coefficient (Wildman–Crippen LogP) is 3.65. The number of ether oxygens (including phenoxy) is 1. The number of aromatic nitrogens is 1. The quantitative estimate of drug-likeness (QED) is 0.877. The van der Waals surface area contributed by atoms with Crippen molar-refractivity contribution in [1.82, 2.24) is 10.3 Å². The van der Waals surface area contributed by atoms with Gasteiger partial charge < -0.3 is 10.1 Å². The van der Waals surface area contributed by atoms with Crippen molar-refractivity contribution in [2.24, 2.45) is 0 Å². The lowest BCUT2D eigenvalue weighted by Crippen LogP contribution is -2.35. The Kier molecular flexibility index (Phi) is 3.80. The lowest BCUT2D eigenvalue weighted by Gasteiger charge is -2.18. The number of nitrogens with zero attached hydrogens (tertiary/aromatic N) is 1. The van der Waals surface area contributed by atoms with Gasteiger partial charge in [-0.25, -0.2) is 9.78 Å². The van der Waals surface area contributed by atoms with Crippen LogP contribution in [0.4, 0.5) is 4.79 Å². The lowest BCUT2D eigenvalue weighted by molar-refractivity contribution is 0.134. The normalized spacial score (nSPS) is 15.3. The number of hydrogen-bond acceptors (Lipinski definition) is 3. The zero-order valence-corrected chi connectivity index (χ0v) is 12.1. The summed E-state index contributed by atoms with van der Waals surface area (Å²) in [6.45, 7) is 0.253. The average molecular weight is 303 g/mol. The molecular weight excluding hydrogens is 288 g/mol. The van der Waals surface area contributed by atoms with E-state index in [1.165, 1.54) is 0 Å². The Hall–Kier alpha value is -2.07. The van der Waals surface area contributed by atoms with E-state index in [-0.39, 0.29) is 6.61 Å². The number of hydrogen-bond donors (Lipinski definition) is 1. The number of pyridine rings is 1. The average Bonchev–Trinajstić information content (AvgIpc) is 3.27. The van der Waals surface area contributed by atoms with E-state index < -0.39 is 11.6 Å². The van der Waals surface area contributed by atoms with Crippen LogP contribution in [-0.2, 0) is 16.9 Å². The van der Waals surface area contributed by atoms with Crippen molar-refractivity contribution in [1.29, 1.82) is 0 Å². The second-order valence-electron chi connectivity index (χ2n) is 5.11. The number of benzene rings is 1. The van der Waals surface area contributed by atoms with Crippen molar-refractivity contribution in [2.45, 2.75) is 25.0 Å². The Morgan fingerprint density at radius 1 is 1.24 bits per heavy atom. The van der Waals surface area contributed by atoms with Crippen LogP contribution in [0.25, 0.3) is 0 Å². The Bertz CT molecular complexity index is 642. The van der Waals surface area contributed by atoms with Gasteiger partial charge in [-0.05, 0) is 24.5 Å². The Labute approximate surface area is 128 Å². The van der Waals surface area contributed by atoms with Crippen LogP contribution in [0.15, 0.2) is 48.7 Å². The summed E-state index contributed by atoms with van der Waals surface area (Å²) in [5, 5.41) is 3.34. The molecule has 5 heteroatoms. The number of halogens is 1. The smallest absolute Gasteiger partial charge is 0.408 e. The van der Waals surface area contributed by atoms with Crippen LogP contribution >= 0.6 is 11.6 Å². The number of alkyl carbamates (subject to hydrolysis) is 1. The fourth-order valence-corrected chi connectivity index (χ4v) is 2.58. The van der Waals surface area contributed by atoms with Gasteiger partial charge in [-0.2, -0.15) is 0 Å². The van der Waals surface area contributed by atoms with Gasteiger partial charge in [-0.1, -0.05) is 48.0 Å². The minimum Gasteiger partial charge on any atom is -0.445 e. The summed E-state index contributed by atoms with van der Waals surface area (Å²) in [7, 11) is 0. The highest BCUT2D eigenvalue weighted by Crippen LogP contribution is 2.47. The van der Waals surface area contributed by atoms with Crippen molar-refractivity contribution < 1.29 is 9.53 Å². The van der Waals surface area contributed by atoms with Gasteiger partial charge in [0.1, 0.15) is 11.8 Å². The van der Waals surface area contributed by atoms with Gasteiger partial charge in [0.2, 0.25) is 0 Å². The van der Waals surface area contributed by atoms with Gasteiger partial charge in [0, 0.05) is 11.8 Å². The molecule has 1 aromatic carbocycles. The Balaban J connectivity index is 1.61. The molecule has 108 valence electrons. The molecule has 1 aliphatic carbocycles. The van der Waals surface area contributed by atoms with E-state index in [0.29, 0.717) is 5.15 Å². The molecular formula is C16H15ClN2O2. The van der Waals surface area contributed by atoms with Crippen LogP contribution in [0.5, 0.6) is 0 Å². The molecule has 1 fully saturated rings. The summed E-state index contributed by atoms with van der Waals surface area (Å²) in [6, 6.07) is 13.3. The van der Waals surface area contributed by atoms with E-state index in [1.54, 1.807) is 6.20 Å². The van der Waals surface area contributed by atoms with Crippen LogP contribution in [-0.4, -0.2) is 11.1 Å².